The lowest BCUT2D eigenvalue weighted by Gasteiger charge is -2.01. The van der Waals surface area contributed by atoms with E-state index in [9.17, 15) is 0 Å². The highest BCUT2D eigenvalue weighted by Gasteiger charge is 2.19. The first-order valence-electron chi connectivity index (χ1n) is 3.73. The van der Waals surface area contributed by atoms with E-state index in [0.717, 1.165) is 19.0 Å². The molecule has 1 N–H and O–H groups in total. The summed E-state index contributed by atoms with van der Waals surface area (Å²) in [5.41, 5.74) is 1.32. The summed E-state index contributed by atoms with van der Waals surface area (Å²) in [6.45, 7) is 7.09. The Balaban J connectivity index is 1.96. The van der Waals surface area contributed by atoms with Gasteiger partial charge in [-0.1, -0.05) is 19.1 Å². The lowest BCUT2D eigenvalue weighted by Crippen LogP contribution is -2.18. The minimum Gasteiger partial charge on any atom is -0.310 e. The normalized spacial score (nSPS) is 17.9. The third-order valence-electron chi connectivity index (χ3n) is 1.72. The Morgan fingerprint density at radius 3 is 2.78 bits per heavy atom. The summed E-state index contributed by atoms with van der Waals surface area (Å²) in [5.74, 6) is 0. The van der Waals surface area contributed by atoms with E-state index < -0.39 is 0 Å². The SMILES string of the molecule is C=C(CC)CNC1CC1. The predicted octanol–water partition coefficient (Wildman–Crippen LogP) is 1.70. The number of hydrogen-bond donors (Lipinski definition) is 1. The van der Waals surface area contributed by atoms with Crippen LogP contribution in [0.15, 0.2) is 12.2 Å². The average Bonchev–Trinajstić information content (AvgIpc) is 2.65. The van der Waals surface area contributed by atoms with Gasteiger partial charge in [-0.05, 0) is 19.3 Å². The van der Waals surface area contributed by atoms with Crippen LogP contribution in [0.25, 0.3) is 0 Å². The molecule has 0 amide bonds. The van der Waals surface area contributed by atoms with Gasteiger partial charge < -0.3 is 5.32 Å². The van der Waals surface area contributed by atoms with Gasteiger partial charge in [0, 0.05) is 12.6 Å². The van der Waals surface area contributed by atoms with E-state index in [2.05, 4.69) is 18.8 Å². The third kappa shape index (κ3) is 2.66. The molecule has 0 heterocycles. The van der Waals surface area contributed by atoms with Crippen molar-refractivity contribution in [1.82, 2.24) is 5.32 Å². The van der Waals surface area contributed by atoms with Crippen molar-refractivity contribution >= 4 is 0 Å². The van der Waals surface area contributed by atoms with Crippen LogP contribution in [-0.4, -0.2) is 12.6 Å². The van der Waals surface area contributed by atoms with Crippen molar-refractivity contribution in [2.75, 3.05) is 6.54 Å². The molecule has 1 aliphatic rings. The van der Waals surface area contributed by atoms with Gasteiger partial charge in [0.2, 0.25) is 0 Å². The number of hydrogen-bond acceptors (Lipinski definition) is 1. The van der Waals surface area contributed by atoms with E-state index in [4.69, 9.17) is 0 Å². The van der Waals surface area contributed by atoms with E-state index in [1.54, 1.807) is 0 Å². The maximum Gasteiger partial charge on any atom is 0.0164 e. The second kappa shape index (κ2) is 3.02. The molecule has 1 aliphatic carbocycles. The lowest BCUT2D eigenvalue weighted by molar-refractivity contribution is 0.722. The van der Waals surface area contributed by atoms with E-state index in [1.807, 2.05) is 0 Å². The molecule has 0 saturated heterocycles. The van der Waals surface area contributed by atoms with E-state index in [1.165, 1.54) is 18.4 Å². The summed E-state index contributed by atoms with van der Waals surface area (Å²) in [6, 6.07) is 0.827. The van der Waals surface area contributed by atoms with Crippen molar-refractivity contribution in [3.8, 4) is 0 Å². The molecule has 0 spiro atoms. The fraction of sp³-hybridized carbons (Fsp3) is 0.750. The summed E-state index contributed by atoms with van der Waals surface area (Å²) >= 11 is 0. The molecular weight excluding hydrogens is 110 g/mol. The first kappa shape index (κ1) is 6.81. The minimum absolute atomic E-state index is 0.827. The Hall–Kier alpha value is -0.300. The van der Waals surface area contributed by atoms with E-state index in [-0.39, 0.29) is 0 Å². The Bertz CT molecular complexity index is 103. The van der Waals surface area contributed by atoms with Gasteiger partial charge in [0.15, 0.2) is 0 Å². The van der Waals surface area contributed by atoms with Crippen LogP contribution < -0.4 is 5.32 Å². The quantitative estimate of drug-likeness (QED) is 0.564. The molecule has 1 nitrogen and oxygen atoms in total. The molecule has 0 aromatic rings. The molecular formula is C8H15N. The second-order valence-electron chi connectivity index (χ2n) is 2.76. The average molecular weight is 125 g/mol. The molecule has 1 fully saturated rings. The molecule has 0 aromatic carbocycles. The molecule has 9 heavy (non-hydrogen) atoms. The molecule has 52 valence electrons. The van der Waals surface area contributed by atoms with Crippen LogP contribution in [0.4, 0.5) is 0 Å². The van der Waals surface area contributed by atoms with Gasteiger partial charge in [0.25, 0.3) is 0 Å². The first-order valence-corrected chi connectivity index (χ1v) is 3.73. The van der Waals surface area contributed by atoms with Crippen LogP contribution in [0.5, 0.6) is 0 Å². The predicted molar refractivity (Wildman–Crippen MR) is 40.5 cm³/mol. The summed E-state index contributed by atoms with van der Waals surface area (Å²) in [5, 5.41) is 3.41. The van der Waals surface area contributed by atoms with Crippen molar-refractivity contribution in [1.29, 1.82) is 0 Å². The maximum absolute atomic E-state index is 3.91. The smallest absolute Gasteiger partial charge is 0.0164 e. The Morgan fingerprint density at radius 1 is 1.67 bits per heavy atom. The summed E-state index contributed by atoms with van der Waals surface area (Å²) in [4.78, 5) is 0. The summed E-state index contributed by atoms with van der Waals surface area (Å²) in [6.07, 6.45) is 3.85. The van der Waals surface area contributed by atoms with Crippen LogP contribution in [0.1, 0.15) is 26.2 Å². The number of rotatable bonds is 4. The molecule has 1 rings (SSSR count). The van der Waals surface area contributed by atoms with Gasteiger partial charge in [-0.15, -0.1) is 0 Å². The third-order valence-corrected chi connectivity index (χ3v) is 1.72. The van der Waals surface area contributed by atoms with Gasteiger partial charge in [0.1, 0.15) is 0 Å². The standard InChI is InChI=1S/C8H15N/c1-3-7(2)6-9-8-4-5-8/h8-9H,2-6H2,1H3. The van der Waals surface area contributed by atoms with Crippen LogP contribution >= 0.6 is 0 Å². The Labute approximate surface area is 57.1 Å². The lowest BCUT2D eigenvalue weighted by atomic mass is 10.2. The van der Waals surface area contributed by atoms with Crippen molar-refractivity contribution in [2.24, 2.45) is 0 Å². The van der Waals surface area contributed by atoms with Crippen LogP contribution in [0.2, 0.25) is 0 Å². The molecule has 0 radical (unpaired) electrons. The molecule has 0 atom stereocenters. The minimum atomic E-state index is 0.827. The van der Waals surface area contributed by atoms with Crippen molar-refractivity contribution in [2.45, 2.75) is 32.2 Å². The maximum atomic E-state index is 3.91. The Kier molecular flexibility index (Phi) is 2.29. The summed E-state index contributed by atoms with van der Waals surface area (Å²) < 4.78 is 0. The van der Waals surface area contributed by atoms with Gasteiger partial charge >= 0.3 is 0 Å². The zero-order valence-electron chi connectivity index (χ0n) is 6.11. The molecule has 1 saturated carbocycles. The van der Waals surface area contributed by atoms with Gasteiger partial charge in [-0.25, -0.2) is 0 Å². The zero-order chi connectivity index (χ0) is 6.69. The molecule has 0 bridgehead atoms. The first-order chi connectivity index (χ1) is 4.33. The highest BCUT2D eigenvalue weighted by Crippen LogP contribution is 2.18. The van der Waals surface area contributed by atoms with Gasteiger partial charge in [-0.3, -0.25) is 0 Å². The zero-order valence-corrected chi connectivity index (χ0v) is 6.11. The highest BCUT2D eigenvalue weighted by atomic mass is 14.9. The van der Waals surface area contributed by atoms with Gasteiger partial charge in [-0.2, -0.15) is 0 Å². The highest BCUT2D eigenvalue weighted by molar-refractivity contribution is 4.97. The van der Waals surface area contributed by atoms with E-state index in [0.29, 0.717) is 0 Å². The topological polar surface area (TPSA) is 12.0 Å². The van der Waals surface area contributed by atoms with Crippen molar-refractivity contribution < 1.29 is 0 Å². The van der Waals surface area contributed by atoms with Crippen molar-refractivity contribution in [3.63, 3.8) is 0 Å². The van der Waals surface area contributed by atoms with Crippen molar-refractivity contribution in [3.05, 3.63) is 12.2 Å². The molecule has 1 heteroatoms. The van der Waals surface area contributed by atoms with Crippen LogP contribution in [-0.2, 0) is 0 Å². The fourth-order valence-corrected chi connectivity index (χ4v) is 0.701. The largest absolute Gasteiger partial charge is 0.310 e. The number of nitrogens with one attached hydrogen (secondary N) is 1. The fourth-order valence-electron chi connectivity index (χ4n) is 0.701. The molecule has 0 aromatic heterocycles. The van der Waals surface area contributed by atoms with Crippen LogP contribution in [0.3, 0.4) is 0 Å². The molecule has 0 unspecified atom stereocenters. The molecule has 0 aliphatic heterocycles. The monoisotopic (exact) mass is 125 g/mol. The summed E-state index contributed by atoms with van der Waals surface area (Å²) in [7, 11) is 0. The Morgan fingerprint density at radius 2 is 2.33 bits per heavy atom. The second-order valence-corrected chi connectivity index (χ2v) is 2.76. The van der Waals surface area contributed by atoms with E-state index >= 15 is 0 Å². The van der Waals surface area contributed by atoms with Crippen LogP contribution in [0, 0.1) is 0 Å². The van der Waals surface area contributed by atoms with Gasteiger partial charge in [0.05, 0.1) is 0 Å².